The highest BCUT2D eigenvalue weighted by atomic mass is 32.1. The Balaban J connectivity index is 1.88. The van der Waals surface area contributed by atoms with Gasteiger partial charge in [-0.15, -0.1) is 11.3 Å². The van der Waals surface area contributed by atoms with Crippen LogP contribution < -0.4 is 4.90 Å². The predicted octanol–water partition coefficient (Wildman–Crippen LogP) is 3.79. The number of amides is 1. The minimum absolute atomic E-state index is 0.0799. The second kappa shape index (κ2) is 8.53. The lowest BCUT2D eigenvalue weighted by atomic mass is 9.82. The van der Waals surface area contributed by atoms with Gasteiger partial charge in [0, 0.05) is 12.0 Å². The van der Waals surface area contributed by atoms with Crippen LogP contribution >= 0.6 is 11.3 Å². The van der Waals surface area contributed by atoms with Crippen molar-refractivity contribution in [1.82, 2.24) is 4.90 Å². The number of hydrogen-bond donors (Lipinski definition) is 0. The average Bonchev–Trinajstić information content (AvgIpc) is 3.12. The van der Waals surface area contributed by atoms with E-state index in [1.165, 1.54) is 18.4 Å². The van der Waals surface area contributed by atoms with E-state index in [1.807, 2.05) is 16.3 Å². The lowest BCUT2D eigenvalue weighted by Crippen LogP contribution is -2.49. The highest BCUT2D eigenvalue weighted by Crippen LogP contribution is 2.36. The van der Waals surface area contributed by atoms with Crippen molar-refractivity contribution in [2.24, 2.45) is 11.8 Å². The van der Waals surface area contributed by atoms with E-state index in [-0.39, 0.29) is 23.8 Å². The summed E-state index contributed by atoms with van der Waals surface area (Å²) in [6.45, 7) is 4.23. The summed E-state index contributed by atoms with van der Waals surface area (Å²) >= 11 is 1.36. The summed E-state index contributed by atoms with van der Waals surface area (Å²) in [4.78, 5) is 30.5. The van der Waals surface area contributed by atoms with Crippen molar-refractivity contribution in [3.63, 3.8) is 0 Å². The summed E-state index contributed by atoms with van der Waals surface area (Å²) in [5, 5.41) is 1.89. The third-order valence-electron chi connectivity index (χ3n) is 5.93. The second-order valence-corrected chi connectivity index (χ2v) is 8.74. The van der Waals surface area contributed by atoms with Gasteiger partial charge in [-0.3, -0.25) is 4.79 Å². The highest BCUT2D eigenvalue weighted by molar-refractivity contribution is 7.12. The summed E-state index contributed by atoms with van der Waals surface area (Å²) in [6, 6.07) is 2.08. The molecule has 1 saturated heterocycles. The Labute approximate surface area is 160 Å². The topological polar surface area (TPSA) is 49.9 Å². The zero-order valence-corrected chi connectivity index (χ0v) is 16.9. The number of anilines is 1. The first-order chi connectivity index (χ1) is 12.5. The molecule has 0 unspecified atom stereocenters. The molecule has 2 heterocycles. The van der Waals surface area contributed by atoms with Gasteiger partial charge in [0.05, 0.1) is 12.8 Å². The number of nitrogens with zero attached hydrogens (tertiary/aromatic N) is 2. The first kappa shape index (κ1) is 19.4. The number of rotatable bonds is 4. The molecule has 1 aromatic heterocycles. The maximum absolute atomic E-state index is 13.5. The Kier molecular flexibility index (Phi) is 6.35. The molecule has 144 valence electrons. The fraction of sp³-hybridized carbons (Fsp3) is 0.700. The Morgan fingerprint density at radius 2 is 1.81 bits per heavy atom. The van der Waals surface area contributed by atoms with Crippen LogP contribution in [0.2, 0.25) is 0 Å². The second-order valence-electron chi connectivity index (χ2n) is 7.83. The molecule has 2 fully saturated rings. The number of carbonyl (C=O) groups is 2. The van der Waals surface area contributed by atoms with Gasteiger partial charge in [0.15, 0.2) is 0 Å². The van der Waals surface area contributed by atoms with Crippen molar-refractivity contribution in [2.45, 2.75) is 51.5 Å². The normalized spacial score (nSPS) is 25.0. The number of ether oxygens (including phenoxy) is 1. The standard InChI is InChI=1S/C20H30N2O3S/c1-14-4-6-15(7-5-14)19(23)22(16-8-11-21(2)12-9-16)17-10-13-26-18(17)20(24)25-3/h10,13-16H,4-9,11-12H2,1-3H3. The lowest BCUT2D eigenvalue weighted by Gasteiger charge is -2.39. The smallest absolute Gasteiger partial charge is 0.350 e. The molecule has 26 heavy (non-hydrogen) atoms. The molecule has 5 nitrogen and oxygen atoms in total. The fourth-order valence-corrected chi connectivity index (χ4v) is 4.99. The van der Waals surface area contributed by atoms with Gasteiger partial charge < -0.3 is 14.5 Å². The van der Waals surface area contributed by atoms with Crippen LogP contribution in [0.3, 0.4) is 0 Å². The minimum atomic E-state index is -0.349. The number of esters is 1. The zero-order chi connectivity index (χ0) is 18.7. The van der Waals surface area contributed by atoms with E-state index in [0.29, 0.717) is 10.8 Å². The van der Waals surface area contributed by atoms with E-state index in [9.17, 15) is 9.59 Å². The molecule has 3 rings (SSSR count). The molecule has 0 aromatic carbocycles. The molecule has 1 aromatic rings. The molecule has 1 aliphatic carbocycles. The Bertz CT molecular complexity index is 629. The van der Waals surface area contributed by atoms with Gasteiger partial charge in [-0.05, 0) is 76.0 Å². The largest absolute Gasteiger partial charge is 0.465 e. The van der Waals surface area contributed by atoms with Crippen LogP contribution in [0.25, 0.3) is 0 Å². The monoisotopic (exact) mass is 378 g/mol. The van der Waals surface area contributed by atoms with Gasteiger partial charge in [0.25, 0.3) is 0 Å². The van der Waals surface area contributed by atoms with E-state index in [2.05, 4.69) is 18.9 Å². The molecule has 0 radical (unpaired) electrons. The molecule has 0 spiro atoms. The molecule has 1 aliphatic heterocycles. The van der Waals surface area contributed by atoms with Crippen molar-refractivity contribution in [3.8, 4) is 0 Å². The Morgan fingerprint density at radius 3 is 2.42 bits per heavy atom. The summed E-state index contributed by atoms with van der Waals surface area (Å²) in [6.07, 6.45) is 6.04. The van der Waals surface area contributed by atoms with E-state index in [0.717, 1.165) is 57.3 Å². The summed E-state index contributed by atoms with van der Waals surface area (Å²) in [5.41, 5.74) is 0.750. The maximum Gasteiger partial charge on any atom is 0.350 e. The zero-order valence-electron chi connectivity index (χ0n) is 16.1. The van der Waals surface area contributed by atoms with Crippen LogP contribution in [0.15, 0.2) is 11.4 Å². The van der Waals surface area contributed by atoms with Crippen molar-refractivity contribution in [3.05, 3.63) is 16.3 Å². The van der Waals surface area contributed by atoms with E-state index >= 15 is 0 Å². The average molecular weight is 379 g/mol. The van der Waals surface area contributed by atoms with Crippen LogP contribution in [0, 0.1) is 11.8 Å². The van der Waals surface area contributed by atoms with Crippen LogP contribution in [-0.4, -0.2) is 50.1 Å². The van der Waals surface area contributed by atoms with Crippen LogP contribution in [0.5, 0.6) is 0 Å². The van der Waals surface area contributed by atoms with Gasteiger partial charge in [-0.1, -0.05) is 6.92 Å². The first-order valence-corrected chi connectivity index (χ1v) is 10.6. The van der Waals surface area contributed by atoms with Gasteiger partial charge >= 0.3 is 5.97 Å². The number of carbonyl (C=O) groups excluding carboxylic acids is 2. The Hall–Kier alpha value is -1.40. The highest BCUT2D eigenvalue weighted by Gasteiger charge is 2.36. The fourth-order valence-electron chi connectivity index (χ4n) is 4.19. The third kappa shape index (κ3) is 4.12. The number of hydrogen-bond acceptors (Lipinski definition) is 5. The SMILES string of the molecule is COC(=O)c1sccc1N(C(=O)C1CCC(C)CC1)C1CCN(C)CC1. The number of thiophene rings is 1. The molecule has 1 amide bonds. The van der Waals surface area contributed by atoms with Crippen LogP contribution in [0.4, 0.5) is 5.69 Å². The molecule has 0 atom stereocenters. The van der Waals surface area contributed by atoms with E-state index < -0.39 is 0 Å². The van der Waals surface area contributed by atoms with Gasteiger partial charge in [0.2, 0.25) is 5.91 Å². The van der Waals surface area contributed by atoms with Gasteiger partial charge in [0.1, 0.15) is 4.88 Å². The molecule has 0 bridgehead atoms. The summed E-state index contributed by atoms with van der Waals surface area (Å²) in [5.74, 6) is 0.645. The summed E-state index contributed by atoms with van der Waals surface area (Å²) in [7, 11) is 3.52. The van der Waals surface area contributed by atoms with Gasteiger partial charge in [-0.25, -0.2) is 4.79 Å². The quantitative estimate of drug-likeness (QED) is 0.748. The first-order valence-electron chi connectivity index (χ1n) is 9.68. The number of piperidine rings is 1. The molecular weight excluding hydrogens is 348 g/mol. The van der Waals surface area contributed by atoms with Gasteiger partial charge in [-0.2, -0.15) is 0 Å². The molecule has 1 saturated carbocycles. The Morgan fingerprint density at radius 1 is 1.15 bits per heavy atom. The molecule has 6 heteroatoms. The predicted molar refractivity (Wildman–Crippen MR) is 105 cm³/mol. The third-order valence-corrected chi connectivity index (χ3v) is 6.81. The van der Waals surface area contributed by atoms with Crippen molar-refractivity contribution in [1.29, 1.82) is 0 Å². The number of likely N-dealkylation sites (tertiary alicyclic amines) is 1. The minimum Gasteiger partial charge on any atom is -0.465 e. The van der Waals surface area contributed by atoms with E-state index in [4.69, 9.17) is 4.74 Å². The molecule has 2 aliphatic rings. The molecular formula is C20H30N2O3S. The maximum atomic E-state index is 13.5. The lowest BCUT2D eigenvalue weighted by molar-refractivity contribution is -0.124. The van der Waals surface area contributed by atoms with Crippen molar-refractivity contribution in [2.75, 3.05) is 32.1 Å². The number of methoxy groups -OCH3 is 1. The van der Waals surface area contributed by atoms with Crippen LogP contribution in [0.1, 0.15) is 55.1 Å². The van der Waals surface area contributed by atoms with E-state index in [1.54, 1.807) is 0 Å². The molecule has 0 N–H and O–H groups in total. The van der Waals surface area contributed by atoms with Crippen molar-refractivity contribution < 1.29 is 14.3 Å². The summed E-state index contributed by atoms with van der Waals surface area (Å²) < 4.78 is 4.95. The van der Waals surface area contributed by atoms with Crippen LogP contribution in [-0.2, 0) is 9.53 Å². The van der Waals surface area contributed by atoms with Crippen molar-refractivity contribution >= 4 is 28.9 Å².